The topological polar surface area (TPSA) is 35.5 Å². The van der Waals surface area contributed by atoms with E-state index < -0.39 is 7.60 Å². The molecule has 22 heavy (non-hydrogen) atoms. The Bertz CT molecular complexity index is 797. The second kappa shape index (κ2) is 5.53. The van der Waals surface area contributed by atoms with Crippen LogP contribution in [-0.2, 0) is 13.6 Å². The van der Waals surface area contributed by atoms with Gasteiger partial charge in [-0.1, -0.05) is 62.9 Å². The summed E-state index contributed by atoms with van der Waals surface area (Å²) in [5.74, 6) is 0. The fourth-order valence-corrected chi connectivity index (χ4v) is 4.55. The first-order chi connectivity index (χ1) is 10.5. The summed E-state index contributed by atoms with van der Waals surface area (Å²) in [4.78, 5) is 0. The van der Waals surface area contributed by atoms with Crippen LogP contribution in [0.3, 0.4) is 0 Å². The normalized spacial score (nSPS) is 19.5. The largest absolute Gasteiger partial charge is 0.369 e. The molecule has 0 unspecified atom stereocenters. The molecule has 3 nitrogen and oxygen atoms in total. The van der Waals surface area contributed by atoms with E-state index in [0.29, 0.717) is 18.5 Å². The molecule has 0 aromatic heterocycles. The number of benzene rings is 2. The Kier molecular flexibility index (Phi) is 3.84. The second-order valence-corrected chi connectivity index (χ2v) is 8.22. The molecular formula is C18H19O3P. The van der Waals surface area contributed by atoms with Gasteiger partial charge in [-0.25, -0.2) is 0 Å². The molecule has 1 fully saturated rings. The molecule has 0 saturated carbocycles. The average molecular weight is 314 g/mol. The van der Waals surface area contributed by atoms with E-state index in [1.165, 1.54) is 0 Å². The van der Waals surface area contributed by atoms with Gasteiger partial charge in [-0.15, -0.1) is 5.73 Å². The van der Waals surface area contributed by atoms with Crippen LogP contribution < -0.4 is 0 Å². The van der Waals surface area contributed by atoms with Gasteiger partial charge in [0, 0.05) is 11.0 Å². The van der Waals surface area contributed by atoms with Crippen LogP contribution in [0.25, 0.3) is 16.1 Å². The third-order valence-corrected chi connectivity index (χ3v) is 5.62. The summed E-state index contributed by atoms with van der Waals surface area (Å²) < 4.78 is 24.4. The summed E-state index contributed by atoms with van der Waals surface area (Å²) in [7, 11) is -3.39. The maximum Gasteiger partial charge on any atom is 0.369 e. The number of hydrogen-bond acceptors (Lipinski definition) is 3. The van der Waals surface area contributed by atoms with E-state index in [1.807, 2.05) is 56.3 Å². The van der Waals surface area contributed by atoms with Gasteiger partial charge in [-0.3, -0.25) is 4.57 Å². The molecule has 1 aliphatic rings. The lowest BCUT2D eigenvalue weighted by Gasteiger charge is -2.34. The van der Waals surface area contributed by atoms with E-state index in [2.05, 4.69) is 12.3 Å². The monoisotopic (exact) mass is 314 g/mol. The van der Waals surface area contributed by atoms with Crippen molar-refractivity contribution in [3.8, 4) is 0 Å². The standard InChI is InChI=1S/C18H19O3P/c1-4-17(22(19)20-12-18(2,3)13-21-22)16-11-7-9-14-8-5-6-10-15(14)16/h5-11H,1,12-13H2,2-3H3. The van der Waals surface area contributed by atoms with E-state index in [9.17, 15) is 4.57 Å². The Morgan fingerprint density at radius 3 is 2.45 bits per heavy atom. The Morgan fingerprint density at radius 2 is 1.77 bits per heavy atom. The highest BCUT2D eigenvalue weighted by atomic mass is 31.2. The molecule has 0 spiro atoms. The Labute approximate surface area is 130 Å². The van der Waals surface area contributed by atoms with Crippen LogP contribution in [-0.4, -0.2) is 13.2 Å². The molecule has 1 aliphatic heterocycles. The maximum absolute atomic E-state index is 13.1. The van der Waals surface area contributed by atoms with Crippen LogP contribution >= 0.6 is 7.60 Å². The molecule has 3 rings (SSSR count). The van der Waals surface area contributed by atoms with Crippen molar-refractivity contribution in [2.75, 3.05) is 13.2 Å². The number of fused-ring (bicyclic) bond motifs is 1. The molecule has 0 bridgehead atoms. The molecule has 2 aromatic rings. The third-order valence-electron chi connectivity index (χ3n) is 3.74. The molecule has 114 valence electrons. The van der Waals surface area contributed by atoms with Crippen LogP contribution in [0.2, 0.25) is 0 Å². The fourth-order valence-electron chi connectivity index (χ4n) is 2.50. The van der Waals surface area contributed by atoms with Gasteiger partial charge < -0.3 is 9.05 Å². The van der Waals surface area contributed by atoms with Crippen LogP contribution in [0.4, 0.5) is 0 Å². The summed E-state index contributed by atoms with van der Waals surface area (Å²) in [6.45, 7) is 8.52. The molecule has 0 N–H and O–H groups in total. The van der Waals surface area contributed by atoms with Gasteiger partial charge in [0.05, 0.1) is 13.2 Å². The van der Waals surface area contributed by atoms with E-state index in [-0.39, 0.29) is 5.41 Å². The first-order valence-electron chi connectivity index (χ1n) is 7.23. The fraction of sp³-hybridized carbons (Fsp3) is 0.278. The molecule has 0 atom stereocenters. The Balaban J connectivity index is 2.09. The summed E-state index contributed by atoms with van der Waals surface area (Å²) in [6.07, 6.45) is 0. The minimum atomic E-state index is -3.39. The van der Waals surface area contributed by atoms with Crippen LogP contribution in [0.1, 0.15) is 19.4 Å². The predicted molar refractivity (Wildman–Crippen MR) is 89.8 cm³/mol. The first-order valence-corrected chi connectivity index (χ1v) is 8.77. The van der Waals surface area contributed by atoms with E-state index in [0.717, 1.165) is 16.3 Å². The van der Waals surface area contributed by atoms with Crippen molar-refractivity contribution >= 4 is 23.7 Å². The zero-order chi connectivity index (χ0) is 15.8. The maximum atomic E-state index is 13.1. The minimum Gasteiger partial charge on any atom is -0.304 e. The third kappa shape index (κ3) is 2.69. The van der Waals surface area contributed by atoms with Gasteiger partial charge >= 0.3 is 7.60 Å². The number of rotatable bonds is 2. The van der Waals surface area contributed by atoms with Crippen molar-refractivity contribution < 1.29 is 13.6 Å². The van der Waals surface area contributed by atoms with Crippen molar-refractivity contribution in [3.63, 3.8) is 0 Å². The van der Waals surface area contributed by atoms with Gasteiger partial charge in [0.15, 0.2) is 0 Å². The van der Waals surface area contributed by atoms with Crippen molar-refractivity contribution in [2.45, 2.75) is 13.8 Å². The van der Waals surface area contributed by atoms with E-state index in [4.69, 9.17) is 9.05 Å². The lowest BCUT2D eigenvalue weighted by Crippen LogP contribution is -2.29. The van der Waals surface area contributed by atoms with Gasteiger partial charge in [0.1, 0.15) is 5.31 Å². The second-order valence-electron chi connectivity index (χ2n) is 6.26. The summed E-state index contributed by atoms with van der Waals surface area (Å²) in [5.41, 5.74) is 3.46. The lowest BCUT2D eigenvalue weighted by atomic mass is 9.97. The predicted octanol–water partition coefficient (Wildman–Crippen LogP) is 5.23. The molecule has 0 aliphatic carbocycles. The smallest absolute Gasteiger partial charge is 0.304 e. The van der Waals surface area contributed by atoms with Crippen LogP contribution in [0.5, 0.6) is 0 Å². The highest BCUT2D eigenvalue weighted by Gasteiger charge is 2.40. The summed E-state index contributed by atoms with van der Waals surface area (Å²) in [5, 5.41) is 2.47. The molecule has 1 saturated heterocycles. The van der Waals surface area contributed by atoms with Crippen molar-refractivity contribution in [1.82, 2.24) is 0 Å². The Morgan fingerprint density at radius 1 is 1.14 bits per heavy atom. The van der Waals surface area contributed by atoms with E-state index in [1.54, 1.807) is 0 Å². The minimum absolute atomic E-state index is 0.140. The summed E-state index contributed by atoms with van der Waals surface area (Å²) >= 11 is 0. The first kappa shape index (κ1) is 15.3. The molecule has 2 aromatic carbocycles. The molecule has 1 heterocycles. The van der Waals surface area contributed by atoms with Gasteiger partial charge in [0.25, 0.3) is 0 Å². The van der Waals surface area contributed by atoms with Crippen molar-refractivity contribution in [2.24, 2.45) is 5.41 Å². The average Bonchev–Trinajstić information content (AvgIpc) is 2.52. The van der Waals surface area contributed by atoms with Crippen molar-refractivity contribution in [1.29, 1.82) is 0 Å². The lowest BCUT2D eigenvalue weighted by molar-refractivity contribution is 0.0468. The van der Waals surface area contributed by atoms with Gasteiger partial charge in [-0.05, 0) is 10.8 Å². The quantitative estimate of drug-likeness (QED) is 0.562. The molecular weight excluding hydrogens is 295 g/mol. The molecule has 0 amide bonds. The van der Waals surface area contributed by atoms with Crippen LogP contribution in [0, 0.1) is 5.41 Å². The van der Waals surface area contributed by atoms with Gasteiger partial charge in [0.2, 0.25) is 0 Å². The number of hydrogen-bond donors (Lipinski definition) is 0. The highest BCUT2D eigenvalue weighted by molar-refractivity contribution is 7.65. The zero-order valence-electron chi connectivity index (χ0n) is 12.8. The zero-order valence-corrected chi connectivity index (χ0v) is 13.7. The van der Waals surface area contributed by atoms with Gasteiger partial charge in [-0.2, -0.15) is 0 Å². The van der Waals surface area contributed by atoms with E-state index >= 15 is 0 Å². The Hall–Kier alpha value is -1.63. The van der Waals surface area contributed by atoms with Crippen LogP contribution in [0.15, 0.2) is 54.8 Å². The highest BCUT2D eigenvalue weighted by Crippen LogP contribution is 2.63. The summed E-state index contributed by atoms with van der Waals surface area (Å²) in [6, 6.07) is 13.8. The molecule has 0 radical (unpaired) electrons. The molecule has 4 heteroatoms. The van der Waals surface area contributed by atoms with Crippen molar-refractivity contribution in [3.05, 3.63) is 60.3 Å². The SMILES string of the molecule is C=C=C(c1cccc2ccccc12)P1(=O)OCC(C)(C)CO1.